The van der Waals surface area contributed by atoms with Gasteiger partial charge in [-0.15, -0.1) is 0 Å². The second kappa shape index (κ2) is 5.54. The van der Waals surface area contributed by atoms with Crippen molar-refractivity contribution in [2.75, 3.05) is 0 Å². The van der Waals surface area contributed by atoms with E-state index < -0.39 is 18.3 Å². The predicted octanol–water partition coefficient (Wildman–Crippen LogP) is 2.40. The number of hydrogen-bond acceptors (Lipinski definition) is 4. The van der Waals surface area contributed by atoms with Crippen molar-refractivity contribution in [3.63, 3.8) is 0 Å². The van der Waals surface area contributed by atoms with E-state index in [2.05, 4.69) is 16.8 Å². The molecule has 108 valence electrons. The largest absolute Gasteiger partial charge is 0.402 e. The third-order valence-electron chi connectivity index (χ3n) is 3.09. The summed E-state index contributed by atoms with van der Waals surface area (Å²) in [6.45, 7) is 1.70. The summed E-state index contributed by atoms with van der Waals surface area (Å²) in [5.74, 6) is 2.73. The molecule has 0 aromatic carbocycles. The van der Waals surface area contributed by atoms with Gasteiger partial charge in [-0.05, 0) is 30.1 Å². The molecule has 3 atom stereocenters. The Kier molecular flexibility index (Phi) is 4.16. The summed E-state index contributed by atoms with van der Waals surface area (Å²) in [5, 5.41) is 9.87. The van der Waals surface area contributed by atoms with E-state index in [1.165, 1.54) is 6.08 Å². The fourth-order valence-corrected chi connectivity index (χ4v) is 2.72. The van der Waals surface area contributed by atoms with Crippen LogP contribution in [0.25, 0.3) is 0 Å². The topological polar surface area (TPSA) is 58.6 Å². The SMILES string of the molecule is C[C@@H]1CC(C(F)(F)F)C#CC=C1/C=C1/SC(N)=NC1O. The van der Waals surface area contributed by atoms with Crippen molar-refractivity contribution in [2.45, 2.75) is 25.7 Å². The molecule has 2 aliphatic rings. The van der Waals surface area contributed by atoms with Crippen molar-refractivity contribution < 1.29 is 18.3 Å². The Labute approximate surface area is 118 Å². The smallest absolute Gasteiger partial charge is 0.378 e. The first kappa shape index (κ1) is 15.0. The molecule has 2 rings (SSSR count). The maximum atomic E-state index is 12.7. The number of aliphatic imine (C=N–C) groups is 1. The number of alkyl halides is 3. The Balaban J connectivity index is 2.18. The Morgan fingerprint density at radius 1 is 1.55 bits per heavy atom. The van der Waals surface area contributed by atoms with Gasteiger partial charge < -0.3 is 10.8 Å². The Morgan fingerprint density at radius 3 is 2.80 bits per heavy atom. The Hall–Kier alpha value is -1.39. The molecule has 0 spiro atoms. The zero-order chi connectivity index (χ0) is 14.9. The standard InChI is InChI=1S/C13H13F3N2OS/c1-7-5-9(13(14,15)16)4-2-3-8(7)6-10-11(19)18-12(17)20-10/h3,6-7,9,11,19H,5H2,1H3,(H2,17,18)/b10-6+/t7-,9?,11?/m1/s1. The summed E-state index contributed by atoms with van der Waals surface area (Å²) < 4.78 is 38.2. The van der Waals surface area contributed by atoms with Crippen LogP contribution in [0.5, 0.6) is 0 Å². The van der Waals surface area contributed by atoms with E-state index in [9.17, 15) is 18.3 Å². The quantitative estimate of drug-likeness (QED) is 0.731. The molecule has 1 aliphatic carbocycles. The van der Waals surface area contributed by atoms with E-state index in [0.717, 1.165) is 11.8 Å². The number of allylic oxidation sites excluding steroid dienone is 3. The summed E-state index contributed by atoms with van der Waals surface area (Å²) in [7, 11) is 0. The monoisotopic (exact) mass is 302 g/mol. The van der Waals surface area contributed by atoms with E-state index in [1.807, 2.05) is 0 Å². The normalized spacial score (nSPS) is 32.2. The zero-order valence-electron chi connectivity index (χ0n) is 10.6. The van der Waals surface area contributed by atoms with Crippen LogP contribution in [-0.4, -0.2) is 22.7 Å². The average molecular weight is 302 g/mol. The van der Waals surface area contributed by atoms with Crippen LogP contribution >= 0.6 is 11.8 Å². The summed E-state index contributed by atoms with van der Waals surface area (Å²) >= 11 is 1.11. The Morgan fingerprint density at radius 2 is 2.25 bits per heavy atom. The molecule has 2 unspecified atom stereocenters. The summed E-state index contributed by atoms with van der Waals surface area (Å²) in [6, 6.07) is 0. The van der Waals surface area contributed by atoms with E-state index in [-0.39, 0.29) is 17.5 Å². The first-order chi connectivity index (χ1) is 9.27. The summed E-state index contributed by atoms with van der Waals surface area (Å²) in [6.07, 6.45) is -2.36. The van der Waals surface area contributed by atoms with Crippen LogP contribution in [0.1, 0.15) is 13.3 Å². The van der Waals surface area contributed by atoms with Gasteiger partial charge in [0.25, 0.3) is 0 Å². The number of halogens is 3. The second-order valence-corrected chi connectivity index (χ2v) is 5.75. The minimum absolute atomic E-state index is 0.0940. The molecule has 0 saturated carbocycles. The molecule has 0 saturated heterocycles. The molecule has 3 N–H and O–H groups in total. The zero-order valence-corrected chi connectivity index (χ0v) is 11.4. The van der Waals surface area contributed by atoms with Gasteiger partial charge in [-0.3, -0.25) is 0 Å². The van der Waals surface area contributed by atoms with Gasteiger partial charge >= 0.3 is 6.18 Å². The highest BCUT2D eigenvalue weighted by molar-refractivity contribution is 8.17. The third kappa shape index (κ3) is 3.38. The second-order valence-electron chi connectivity index (χ2n) is 4.65. The van der Waals surface area contributed by atoms with Crippen LogP contribution in [-0.2, 0) is 0 Å². The maximum Gasteiger partial charge on any atom is 0.402 e. The number of nitrogens with zero attached hydrogens (tertiary/aromatic N) is 1. The number of nitrogens with two attached hydrogens (primary N) is 1. The van der Waals surface area contributed by atoms with Crippen LogP contribution in [0.2, 0.25) is 0 Å². The molecule has 3 nitrogen and oxygen atoms in total. The van der Waals surface area contributed by atoms with Crippen LogP contribution < -0.4 is 5.73 Å². The minimum Gasteiger partial charge on any atom is -0.378 e. The van der Waals surface area contributed by atoms with Crippen molar-refractivity contribution >= 4 is 16.9 Å². The van der Waals surface area contributed by atoms with Gasteiger partial charge in [0.15, 0.2) is 11.4 Å². The van der Waals surface area contributed by atoms with Gasteiger partial charge in [0.2, 0.25) is 0 Å². The highest BCUT2D eigenvalue weighted by atomic mass is 32.2. The van der Waals surface area contributed by atoms with Crippen molar-refractivity contribution in [3.8, 4) is 11.8 Å². The molecule has 7 heteroatoms. The highest BCUT2D eigenvalue weighted by Gasteiger charge is 2.40. The minimum atomic E-state index is -4.31. The van der Waals surface area contributed by atoms with Crippen molar-refractivity contribution in [2.24, 2.45) is 22.6 Å². The molecule has 20 heavy (non-hydrogen) atoms. The van der Waals surface area contributed by atoms with Gasteiger partial charge in [-0.2, -0.15) is 13.2 Å². The van der Waals surface area contributed by atoms with Gasteiger partial charge in [-0.25, -0.2) is 4.99 Å². The highest BCUT2D eigenvalue weighted by Crippen LogP contribution is 2.36. The van der Waals surface area contributed by atoms with Crippen molar-refractivity contribution in [1.82, 2.24) is 0 Å². The molecule has 0 radical (unpaired) electrons. The number of hydrogen-bond donors (Lipinski definition) is 2. The Bertz CT molecular complexity index is 554. The lowest BCUT2D eigenvalue weighted by Gasteiger charge is -2.18. The molecule has 0 bridgehead atoms. The number of amidine groups is 1. The van der Waals surface area contributed by atoms with E-state index in [0.29, 0.717) is 10.5 Å². The predicted molar refractivity (Wildman–Crippen MR) is 72.5 cm³/mol. The van der Waals surface area contributed by atoms with Gasteiger partial charge in [0.05, 0.1) is 0 Å². The lowest BCUT2D eigenvalue weighted by molar-refractivity contribution is -0.161. The molecular formula is C13H13F3N2OS. The van der Waals surface area contributed by atoms with E-state index >= 15 is 0 Å². The molecule has 1 heterocycles. The van der Waals surface area contributed by atoms with Gasteiger partial charge in [0, 0.05) is 4.91 Å². The molecule has 0 aromatic heterocycles. The first-order valence-electron chi connectivity index (χ1n) is 5.96. The first-order valence-corrected chi connectivity index (χ1v) is 6.77. The average Bonchev–Trinajstić information content (AvgIpc) is 2.52. The van der Waals surface area contributed by atoms with Crippen LogP contribution in [0.3, 0.4) is 0 Å². The molecular weight excluding hydrogens is 289 g/mol. The molecule has 0 aromatic rings. The molecule has 0 fully saturated rings. The number of aliphatic hydroxyl groups excluding tert-OH is 1. The van der Waals surface area contributed by atoms with Crippen molar-refractivity contribution in [3.05, 3.63) is 22.6 Å². The van der Waals surface area contributed by atoms with E-state index in [1.54, 1.807) is 13.0 Å². The van der Waals surface area contributed by atoms with Gasteiger partial charge in [-0.1, -0.05) is 30.5 Å². The van der Waals surface area contributed by atoms with Crippen molar-refractivity contribution in [1.29, 1.82) is 0 Å². The third-order valence-corrected chi connectivity index (χ3v) is 3.96. The lowest BCUT2D eigenvalue weighted by atomic mass is 9.91. The van der Waals surface area contributed by atoms with Crippen LogP contribution in [0, 0.1) is 23.7 Å². The molecule has 0 amide bonds. The number of aliphatic hydroxyl groups is 1. The number of thioether (sulfide) groups is 1. The van der Waals surface area contributed by atoms with Crippen LogP contribution in [0.15, 0.2) is 27.6 Å². The lowest BCUT2D eigenvalue weighted by Crippen LogP contribution is -2.23. The van der Waals surface area contributed by atoms with E-state index in [4.69, 9.17) is 5.73 Å². The van der Waals surface area contributed by atoms with Crippen LogP contribution in [0.4, 0.5) is 13.2 Å². The maximum absolute atomic E-state index is 12.7. The molecule has 1 aliphatic heterocycles. The van der Waals surface area contributed by atoms with Gasteiger partial charge in [0.1, 0.15) is 5.92 Å². The fraction of sp³-hybridized carbons (Fsp3) is 0.462. The number of rotatable bonds is 1. The fourth-order valence-electron chi connectivity index (χ4n) is 1.97. The summed E-state index contributed by atoms with van der Waals surface area (Å²) in [4.78, 5) is 4.25. The summed E-state index contributed by atoms with van der Waals surface area (Å²) in [5.41, 5.74) is 6.13.